The predicted octanol–water partition coefficient (Wildman–Crippen LogP) is 3.80. The number of carbonyl (C=O) groups excluding carboxylic acids is 2. The number of aromatic nitrogens is 1. The van der Waals surface area contributed by atoms with Crippen LogP contribution in [0.5, 0.6) is 0 Å². The molecule has 0 aliphatic heterocycles. The van der Waals surface area contributed by atoms with Crippen LogP contribution in [0.2, 0.25) is 0 Å². The van der Waals surface area contributed by atoms with E-state index in [1.54, 1.807) is 23.5 Å². The van der Waals surface area contributed by atoms with Gasteiger partial charge in [-0.05, 0) is 30.2 Å². The number of amides is 3. The molecule has 28 heavy (non-hydrogen) atoms. The summed E-state index contributed by atoms with van der Waals surface area (Å²) in [5.74, 6) is -0.233. The molecule has 0 saturated heterocycles. The van der Waals surface area contributed by atoms with E-state index in [0.29, 0.717) is 18.7 Å². The normalized spacial score (nSPS) is 12.0. The molecule has 0 aliphatic rings. The molecule has 0 aliphatic carbocycles. The Hall–Kier alpha value is -2.93. The monoisotopic (exact) mass is 396 g/mol. The van der Waals surface area contributed by atoms with Crippen molar-refractivity contribution in [3.05, 3.63) is 59.6 Å². The summed E-state index contributed by atoms with van der Waals surface area (Å²) in [5.41, 5.74) is 1.66. The Morgan fingerprint density at radius 3 is 2.46 bits per heavy atom. The molecule has 3 amide bonds. The van der Waals surface area contributed by atoms with E-state index in [1.807, 2.05) is 56.3 Å². The predicted molar refractivity (Wildman–Crippen MR) is 114 cm³/mol. The molecule has 1 atom stereocenters. The number of nitrogens with zero attached hydrogens (tertiary/aromatic N) is 1. The van der Waals surface area contributed by atoms with E-state index in [4.69, 9.17) is 0 Å². The number of hydrogen-bond donors (Lipinski definition) is 3. The van der Waals surface area contributed by atoms with Crippen LogP contribution in [-0.2, 0) is 11.2 Å². The van der Waals surface area contributed by atoms with Crippen molar-refractivity contribution in [1.29, 1.82) is 0 Å². The van der Waals surface area contributed by atoms with Crippen molar-refractivity contribution in [3.63, 3.8) is 0 Å². The fraction of sp³-hybridized carbons (Fsp3) is 0.286. The van der Waals surface area contributed by atoms with Crippen molar-refractivity contribution < 1.29 is 9.59 Å². The number of anilines is 1. The first kappa shape index (κ1) is 19.8. The molecule has 0 bridgehead atoms. The number of carbonyl (C=O) groups is 2. The fourth-order valence-corrected chi connectivity index (χ4v) is 3.76. The van der Waals surface area contributed by atoms with Crippen LogP contribution in [0.1, 0.15) is 18.9 Å². The highest BCUT2D eigenvalue weighted by molar-refractivity contribution is 7.18. The Kier molecular flexibility index (Phi) is 6.60. The number of benzene rings is 2. The Bertz CT molecular complexity index is 907. The zero-order valence-electron chi connectivity index (χ0n) is 15.9. The minimum Gasteiger partial charge on any atom is -0.354 e. The smallest absolute Gasteiger partial charge is 0.319 e. The first-order valence-electron chi connectivity index (χ1n) is 9.27. The lowest BCUT2D eigenvalue weighted by Gasteiger charge is -2.21. The maximum atomic E-state index is 12.6. The summed E-state index contributed by atoms with van der Waals surface area (Å²) in [6.07, 6.45) is 0.659. The average Bonchev–Trinajstić information content (AvgIpc) is 3.09. The highest BCUT2D eigenvalue weighted by atomic mass is 32.1. The van der Waals surface area contributed by atoms with Crippen molar-refractivity contribution >= 4 is 39.2 Å². The summed E-state index contributed by atoms with van der Waals surface area (Å²) in [6, 6.07) is 16.1. The van der Waals surface area contributed by atoms with Gasteiger partial charge in [0.2, 0.25) is 5.91 Å². The molecular formula is C21H24N4O2S. The first-order valence-corrected chi connectivity index (χ1v) is 10.1. The SMILES string of the molecule is CC(C)C(NC(=O)Nc1ccccc1)C(=O)NCCc1nc2ccccc2s1. The van der Waals surface area contributed by atoms with Crippen LogP contribution in [0.25, 0.3) is 10.2 Å². The molecule has 3 rings (SSSR count). The molecule has 0 saturated carbocycles. The van der Waals surface area contributed by atoms with E-state index in [-0.39, 0.29) is 11.8 Å². The number of urea groups is 1. The second kappa shape index (κ2) is 9.32. The lowest BCUT2D eigenvalue weighted by molar-refractivity contribution is -0.123. The number of thiazole rings is 1. The summed E-state index contributed by atoms with van der Waals surface area (Å²) in [7, 11) is 0. The van der Waals surface area contributed by atoms with Crippen LogP contribution in [0.3, 0.4) is 0 Å². The standard InChI is InChI=1S/C21H24N4O2S/c1-14(2)19(25-21(27)23-15-8-4-3-5-9-15)20(26)22-13-12-18-24-16-10-6-7-11-17(16)28-18/h3-11,14,19H,12-13H2,1-2H3,(H,22,26)(H2,23,25,27). The first-order chi connectivity index (χ1) is 13.5. The van der Waals surface area contributed by atoms with Gasteiger partial charge in [0.05, 0.1) is 15.2 Å². The Morgan fingerprint density at radius 2 is 1.75 bits per heavy atom. The van der Waals surface area contributed by atoms with Crippen molar-refractivity contribution in [3.8, 4) is 0 Å². The molecule has 1 aromatic heterocycles. The molecule has 0 spiro atoms. The van der Waals surface area contributed by atoms with Gasteiger partial charge in [-0.15, -0.1) is 11.3 Å². The van der Waals surface area contributed by atoms with Crippen molar-refractivity contribution in [2.24, 2.45) is 5.92 Å². The van der Waals surface area contributed by atoms with Gasteiger partial charge in [0.1, 0.15) is 6.04 Å². The Balaban J connectivity index is 1.51. The van der Waals surface area contributed by atoms with Crippen molar-refractivity contribution in [2.45, 2.75) is 26.3 Å². The van der Waals surface area contributed by atoms with Crippen molar-refractivity contribution in [1.82, 2.24) is 15.6 Å². The van der Waals surface area contributed by atoms with Gasteiger partial charge in [-0.25, -0.2) is 9.78 Å². The summed E-state index contributed by atoms with van der Waals surface area (Å²) >= 11 is 1.63. The maximum Gasteiger partial charge on any atom is 0.319 e. The van der Waals surface area contributed by atoms with Gasteiger partial charge >= 0.3 is 6.03 Å². The van der Waals surface area contributed by atoms with E-state index < -0.39 is 12.1 Å². The third-order valence-corrected chi connectivity index (χ3v) is 5.34. The van der Waals surface area contributed by atoms with Crippen LogP contribution in [-0.4, -0.2) is 29.5 Å². The van der Waals surface area contributed by atoms with Gasteiger partial charge < -0.3 is 16.0 Å². The van der Waals surface area contributed by atoms with Crippen LogP contribution in [0.15, 0.2) is 54.6 Å². The van der Waals surface area contributed by atoms with Gasteiger partial charge in [-0.1, -0.05) is 44.2 Å². The molecule has 1 heterocycles. The maximum absolute atomic E-state index is 12.6. The zero-order chi connectivity index (χ0) is 19.9. The average molecular weight is 397 g/mol. The van der Waals surface area contributed by atoms with E-state index in [0.717, 1.165) is 15.2 Å². The molecule has 6 nitrogen and oxygen atoms in total. The van der Waals surface area contributed by atoms with E-state index in [1.165, 1.54) is 0 Å². The van der Waals surface area contributed by atoms with E-state index in [2.05, 4.69) is 20.9 Å². The zero-order valence-corrected chi connectivity index (χ0v) is 16.8. The molecule has 0 fully saturated rings. The summed E-state index contributed by atoms with van der Waals surface area (Å²) in [4.78, 5) is 29.4. The third-order valence-electron chi connectivity index (χ3n) is 4.24. The number of nitrogens with one attached hydrogen (secondary N) is 3. The van der Waals surface area contributed by atoms with Crippen LogP contribution in [0, 0.1) is 5.92 Å². The minimum atomic E-state index is -0.612. The quantitative estimate of drug-likeness (QED) is 0.568. The molecule has 146 valence electrons. The third kappa shape index (κ3) is 5.29. The molecule has 0 radical (unpaired) electrons. The molecule has 1 unspecified atom stereocenters. The molecule has 3 N–H and O–H groups in total. The highest BCUT2D eigenvalue weighted by Gasteiger charge is 2.24. The van der Waals surface area contributed by atoms with E-state index in [9.17, 15) is 9.59 Å². The molecular weight excluding hydrogens is 372 g/mol. The van der Waals surface area contributed by atoms with Gasteiger partial charge in [0.25, 0.3) is 0 Å². The second-order valence-corrected chi connectivity index (χ2v) is 7.92. The number of hydrogen-bond acceptors (Lipinski definition) is 4. The number of fused-ring (bicyclic) bond motifs is 1. The topological polar surface area (TPSA) is 83.1 Å². The van der Waals surface area contributed by atoms with Gasteiger partial charge in [-0.2, -0.15) is 0 Å². The number of rotatable bonds is 7. The summed E-state index contributed by atoms with van der Waals surface area (Å²) < 4.78 is 1.14. The molecule has 7 heteroatoms. The molecule has 3 aromatic rings. The van der Waals surface area contributed by atoms with Crippen LogP contribution in [0.4, 0.5) is 10.5 Å². The largest absolute Gasteiger partial charge is 0.354 e. The molecule has 2 aromatic carbocycles. The van der Waals surface area contributed by atoms with Crippen molar-refractivity contribution in [2.75, 3.05) is 11.9 Å². The number of para-hydroxylation sites is 2. The Labute approximate surface area is 168 Å². The van der Waals surface area contributed by atoms with Gasteiger partial charge in [0.15, 0.2) is 0 Å². The lowest BCUT2D eigenvalue weighted by atomic mass is 10.0. The highest BCUT2D eigenvalue weighted by Crippen LogP contribution is 2.21. The second-order valence-electron chi connectivity index (χ2n) is 6.80. The lowest BCUT2D eigenvalue weighted by Crippen LogP contribution is -2.51. The summed E-state index contributed by atoms with van der Waals surface area (Å²) in [5, 5.41) is 9.40. The minimum absolute atomic E-state index is 0.0380. The summed E-state index contributed by atoms with van der Waals surface area (Å²) in [6.45, 7) is 4.28. The Morgan fingerprint density at radius 1 is 1.04 bits per heavy atom. The van der Waals surface area contributed by atoms with Crippen LogP contribution >= 0.6 is 11.3 Å². The van der Waals surface area contributed by atoms with E-state index >= 15 is 0 Å². The fourth-order valence-electron chi connectivity index (χ4n) is 2.79. The van der Waals surface area contributed by atoms with Crippen LogP contribution < -0.4 is 16.0 Å². The van der Waals surface area contributed by atoms with Gasteiger partial charge in [0, 0.05) is 18.7 Å². The van der Waals surface area contributed by atoms with Gasteiger partial charge in [-0.3, -0.25) is 4.79 Å².